The third-order valence-electron chi connectivity index (χ3n) is 1.67. The molecule has 1 N–H and O–H groups in total. The van der Waals surface area contributed by atoms with Gasteiger partial charge in [-0.05, 0) is 12.8 Å². The van der Waals surface area contributed by atoms with Crippen LogP contribution < -0.4 is 5.32 Å². The molecule has 0 aromatic heterocycles. The highest BCUT2D eigenvalue weighted by atomic mass is 15.0. The lowest BCUT2D eigenvalue weighted by molar-refractivity contribution is 0.786. The summed E-state index contributed by atoms with van der Waals surface area (Å²) in [5, 5.41) is 11.5. The van der Waals surface area contributed by atoms with E-state index in [1.165, 1.54) is 6.42 Å². The highest BCUT2D eigenvalue weighted by Gasteiger charge is 2.03. The van der Waals surface area contributed by atoms with Crippen LogP contribution in [0.3, 0.4) is 0 Å². The Morgan fingerprint density at radius 2 is 2.55 bits per heavy atom. The number of nitrogens with zero attached hydrogens (tertiary/aromatic N) is 2. The summed E-state index contributed by atoms with van der Waals surface area (Å²) in [6.45, 7) is 1.87. The fourth-order valence-electron chi connectivity index (χ4n) is 1.08. The van der Waals surface area contributed by atoms with Crippen LogP contribution in [0.5, 0.6) is 0 Å². The van der Waals surface area contributed by atoms with Gasteiger partial charge in [0.2, 0.25) is 0 Å². The summed E-state index contributed by atoms with van der Waals surface area (Å²) in [6.07, 6.45) is 3.84. The molecule has 3 heteroatoms. The summed E-state index contributed by atoms with van der Waals surface area (Å²) < 4.78 is 0. The Labute approximate surface area is 67.1 Å². The van der Waals surface area contributed by atoms with E-state index in [-0.39, 0.29) is 0 Å². The number of hydrogen-bond acceptors (Lipinski definition) is 3. The quantitative estimate of drug-likeness (QED) is 0.613. The molecule has 3 nitrogen and oxygen atoms in total. The SMILES string of the molecule is N#CCCCNC1=NCCC1. The van der Waals surface area contributed by atoms with Crippen LogP contribution in [0.2, 0.25) is 0 Å². The van der Waals surface area contributed by atoms with Gasteiger partial charge in [-0.2, -0.15) is 5.26 Å². The lowest BCUT2D eigenvalue weighted by Crippen LogP contribution is -2.22. The first kappa shape index (κ1) is 8.06. The van der Waals surface area contributed by atoms with Crippen molar-refractivity contribution < 1.29 is 0 Å². The van der Waals surface area contributed by atoms with E-state index in [1.54, 1.807) is 0 Å². The van der Waals surface area contributed by atoms with Crippen molar-refractivity contribution in [2.45, 2.75) is 25.7 Å². The van der Waals surface area contributed by atoms with Crippen molar-refractivity contribution in [3.05, 3.63) is 0 Å². The predicted molar refractivity (Wildman–Crippen MR) is 44.4 cm³/mol. The Kier molecular flexibility index (Phi) is 3.46. The van der Waals surface area contributed by atoms with Crippen molar-refractivity contribution in [2.24, 2.45) is 4.99 Å². The van der Waals surface area contributed by atoms with Crippen molar-refractivity contribution in [1.82, 2.24) is 5.32 Å². The average molecular weight is 151 g/mol. The summed E-state index contributed by atoms with van der Waals surface area (Å²) in [5.74, 6) is 1.13. The zero-order chi connectivity index (χ0) is 7.94. The highest BCUT2D eigenvalue weighted by molar-refractivity contribution is 5.83. The van der Waals surface area contributed by atoms with Crippen LogP contribution in [0.15, 0.2) is 4.99 Å². The van der Waals surface area contributed by atoms with Gasteiger partial charge in [0, 0.05) is 25.9 Å². The lowest BCUT2D eigenvalue weighted by atomic mass is 10.3. The van der Waals surface area contributed by atoms with Crippen LogP contribution in [0.4, 0.5) is 0 Å². The predicted octanol–water partition coefficient (Wildman–Crippen LogP) is 1.07. The molecule has 0 aromatic rings. The molecule has 0 spiro atoms. The van der Waals surface area contributed by atoms with Gasteiger partial charge in [-0.15, -0.1) is 0 Å². The third-order valence-corrected chi connectivity index (χ3v) is 1.67. The first-order chi connectivity index (χ1) is 5.43. The van der Waals surface area contributed by atoms with E-state index < -0.39 is 0 Å². The number of hydrogen-bond donors (Lipinski definition) is 1. The number of rotatable bonds is 3. The fraction of sp³-hybridized carbons (Fsp3) is 0.750. The molecule has 0 amide bonds. The van der Waals surface area contributed by atoms with E-state index in [0.29, 0.717) is 6.42 Å². The molecule has 0 radical (unpaired) electrons. The van der Waals surface area contributed by atoms with Gasteiger partial charge in [-0.3, -0.25) is 4.99 Å². The van der Waals surface area contributed by atoms with Gasteiger partial charge in [-0.1, -0.05) is 0 Å². The number of unbranched alkanes of at least 4 members (excludes halogenated alkanes) is 1. The smallest absolute Gasteiger partial charge is 0.0963 e. The van der Waals surface area contributed by atoms with E-state index in [4.69, 9.17) is 5.26 Å². The third kappa shape index (κ3) is 3.03. The van der Waals surface area contributed by atoms with Gasteiger partial charge in [0.05, 0.1) is 11.9 Å². The van der Waals surface area contributed by atoms with Crippen molar-refractivity contribution in [1.29, 1.82) is 5.26 Å². The molecule has 0 bridgehead atoms. The van der Waals surface area contributed by atoms with Crippen LogP contribution in [-0.2, 0) is 0 Å². The van der Waals surface area contributed by atoms with E-state index in [2.05, 4.69) is 16.4 Å². The van der Waals surface area contributed by atoms with Crippen molar-refractivity contribution in [3.8, 4) is 6.07 Å². The van der Waals surface area contributed by atoms with Crippen LogP contribution >= 0.6 is 0 Å². The van der Waals surface area contributed by atoms with Crippen LogP contribution in [0.25, 0.3) is 0 Å². The molecule has 0 saturated heterocycles. The Morgan fingerprint density at radius 3 is 3.18 bits per heavy atom. The van der Waals surface area contributed by atoms with Crippen LogP contribution in [-0.4, -0.2) is 18.9 Å². The normalized spacial score (nSPS) is 15.7. The van der Waals surface area contributed by atoms with E-state index >= 15 is 0 Å². The zero-order valence-electron chi connectivity index (χ0n) is 6.64. The van der Waals surface area contributed by atoms with Gasteiger partial charge in [-0.25, -0.2) is 0 Å². The first-order valence-corrected chi connectivity index (χ1v) is 4.07. The van der Waals surface area contributed by atoms with Gasteiger partial charge in [0.1, 0.15) is 0 Å². The molecule has 0 aromatic carbocycles. The van der Waals surface area contributed by atoms with Crippen molar-refractivity contribution in [3.63, 3.8) is 0 Å². The monoisotopic (exact) mass is 151 g/mol. The molecular formula is C8H13N3. The molecule has 0 aliphatic carbocycles. The van der Waals surface area contributed by atoms with Gasteiger partial charge in [0.25, 0.3) is 0 Å². The maximum absolute atomic E-state index is 8.25. The minimum atomic E-state index is 0.639. The second kappa shape index (κ2) is 4.73. The summed E-state index contributed by atoms with van der Waals surface area (Å²) in [4.78, 5) is 4.26. The molecule has 0 fully saturated rings. The van der Waals surface area contributed by atoms with Gasteiger partial charge < -0.3 is 5.32 Å². The molecule has 0 unspecified atom stereocenters. The van der Waals surface area contributed by atoms with Crippen LogP contribution in [0, 0.1) is 11.3 Å². The molecule has 0 atom stereocenters. The summed E-state index contributed by atoms with van der Waals surface area (Å²) in [7, 11) is 0. The van der Waals surface area contributed by atoms with Crippen molar-refractivity contribution in [2.75, 3.05) is 13.1 Å². The standard InChI is InChI=1S/C8H13N3/c9-5-1-2-6-10-8-4-3-7-11-8/h1-4,6-7H2,(H,10,11). The fourth-order valence-corrected chi connectivity index (χ4v) is 1.08. The molecular weight excluding hydrogens is 138 g/mol. The lowest BCUT2D eigenvalue weighted by Gasteiger charge is -2.01. The average Bonchev–Trinajstić information content (AvgIpc) is 2.50. The highest BCUT2D eigenvalue weighted by Crippen LogP contribution is 2.00. The minimum Gasteiger partial charge on any atom is -0.374 e. The Bertz CT molecular complexity index is 178. The number of nitriles is 1. The van der Waals surface area contributed by atoms with Gasteiger partial charge >= 0.3 is 0 Å². The van der Waals surface area contributed by atoms with Crippen LogP contribution in [0.1, 0.15) is 25.7 Å². The number of amidine groups is 1. The maximum atomic E-state index is 8.25. The van der Waals surface area contributed by atoms with E-state index in [9.17, 15) is 0 Å². The largest absolute Gasteiger partial charge is 0.374 e. The molecule has 1 heterocycles. The van der Waals surface area contributed by atoms with E-state index in [0.717, 1.165) is 31.8 Å². The molecule has 60 valence electrons. The molecule has 11 heavy (non-hydrogen) atoms. The summed E-state index contributed by atoms with van der Waals surface area (Å²) in [6, 6.07) is 2.11. The van der Waals surface area contributed by atoms with E-state index in [1.807, 2.05) is 0 Å². The van der Waals surface area contributed by atoms with Gasteiger partial charge in [0.15, 0.2) is 0 Å². The second-order valence-electron chi connectivity index (χ2n) is 2.62. The maximum Gasteiger partial charge on any atom is 0.0963 e. The second-order valence-corrected chi connectivity index (χ2v) is 2.62. The Morgan fingerprint density at radius 1 is 1.64 bits per heavy atom. The Hall–Kier alpha value is -1.04. The number of aliphatic imine (C=N–C) groups is 1. The molecule has 1 aliphatic rings. The topological polar surface area (TPSA) is 48.2 Å². The number of nitrogens with one attached hydrogen (secondary N) is 1. The van der Waals surface area contributed by atoms with Crippen molar-refractivity contribution >= 4 is 5.84 Å². The summed E-state index contributed by atoms with van der Waals surface area (Å²) in [5.41, 5.74) is 0. The summed E-state index contributed by atoms with van der Waals surface area (Å²) >= 11 is 0. The molecule has 1 aliphatic heterocycles. The first-order valence-electron chi connectivity index (χ1n) is 4.07. The molecule has 0 saturated carbocycles. The molecule has 1 rings (SSSR count). The minimum absolute atomic E-state index is 0.639. The Balaban J connectivity index is 1.99. The zero-order valence-corrected chi connectivity index (χ0v) is 6.64.